The van der Waals surface area contributed by atoms with Crippen molar-refractivity contribution in [2.24, 2.45) is 0 Å². The molecule has 1 atom stereocenters. The molecule has 0 aliphatic rings. The molecular formula is C27H29N3O3. The Kier molecular flexibility index (Phi) is 6.93. The zero-order chi connectivity index (χ0) is 23.2. The maximum absolute atomic E-state index is 12.8. The van der Waals surface area contributed by atoms with Gasteiger partial charge in [0.15, 0.2) is 0 Å². The number of fused-ring (bicyclic) bond motifs is 1. The van der Waals surface area contributed by atoms with Crippen LogP contribution in [0.5, 0.6) is 11.5 Å². The van der Waals surface area contributed by atoms with Gasteiger partial charge in [0.25, 0.3) is 5.91 Å². The average molecular weight is 444 g/mol. The van der Waals surface area contributed by atoms with E-state index in [-0.39, 0.29) is 11.9 Å². The number of aryl methyl sites for hydroxylation is 2. The molecule has 0 fully saturated rings. The molecule has 4 aromatic rings. The molecule has 6 heteroatoms. The van der Waals surface area contributed by atoms with Gasteiger partial charge in [0.2, 0.25) is 0 Å². The Morgan fingerprint density at radius 2 is 1.70 bits per heavy atom. The predicted molar refractivity (Wildman–Crippen MR) is 130 cm³/mol. The number of methoxy groups -OCH3 is 1. The molecule has 0 aliphatic heterocycles. The van der Waals surface area contributed by atoms with E-state index in [9.17, 15) is 4.79 Å². The van der Waals surface area contributed by atoms with Crippen LogP contribution in [0.25, 0.3) is 11.0 Å². The molecule has 1 unspecified atom stereocenters. The lowest BCUT2D eigenvalue weighted by Gasteiger charge is -2.17. The number of nitrogens with zero attached hydrogens (tertiary/aromatic N) is 2. The van der Waals surface area contributed by atoms with Crippen molar-refractivity contribution in [1.82, 2.24) is 14.9 Å². The van der Waals surface area contributed by atoms with Crippen molar-refractivity contribution in [1.29, 1.82) is 0 Å². The Hall–Kier alpha value is -3.80. The summed E-state index contributed by atoms with van der Waals surface area (Å²) in [5.41, 5.74) is 3.73. The SMILES string of the molecule is COc1ccc(OCCCn2c(C(C)NC(=O)c3ccc(C)cc3)nc3ccccc32)cc1. The highest BCUT2D eigenvalue weighted by Crippen LogP contribution is 2.22. The summed E-state index contributed by atoms with van der Waals surface area (Å²) in [5.74, 6) is 2.34. The summed E-state index contributed by atoms with van der Waals surface area (Å²) in [6, 6.07) is 22.9. The maximum atomic E-state index is 12.8. The van der Waals surface area contributed by atoms with Crippen LogP contribution in [0.15, 0.2) is 72.8 Å². The highest BCUT2D eigenvalue weighted by molar-refractivity contribution is 5.94. The quantitative estimate of drug-likeness (QED) is 0.356. The van der Waals surface area contributed by atoms with E-state index in [1.54, 1.807) is 7.11 Å². The van der Waals surface area contributed by atoms with Gasteiger partial charge in [0, 0.05) is 12.1 Å². The van der Waals surface area contributed by atoms with Crippen LogP contribution in [0.4, 0.5) is 0 Å². The smallest absolute Gasteiger partial charge is 0.251 e. The Labute approximate surface area is 194 Å². The zero-order valence-corrected chi connectivity index (χ0v) is 19.2. The number of para-hydroxylation sites is 2. The van der Waals surface area contributed by atoms with Crippen LogP contribution in [0.2, 0.25) is 0 Å². The monoisotopic (exact) mass is 443 g/mol. The van der Waals surface area contributed by atoms with Gasteiger partial charge in [-0.25, -0.2) is 4.98 Å². The van der Waals surface area contributed by atoms with Crippen LogP contribution >= 0.6 is 0 Å². The number of carbonyl (C=O) groups is 1. The first-order chi connectivity index (χ1) is 16.0. The first-order valence-electron chi connectivity index (χ1n) is 11.1. The first kappa shape index (κ1) is 22.4. The topological polar surface area (TPSA) is 65.4 Å². The second-order valence-corrected chi connectivity index (χ2v) is 8.05. The van der Waals surface area contributed by atoms with Crippen LogP contribution in [-0.2, 0) is 6.54 Å². The minimum Gasteiger partial charge on any atom is -0.497 e. The highest BCUT2D eigenvalue weighted by atomic mass is 16.5. The Morgan fingerprint density at radius 1 is 1.00 bits per heavy atom. The van der Waals surface area contributed by atoms with E-state index < -0.39 is 0 Å². The molecule has 1 N–H and O–H groups in total. The Bertz CT molecular complexity index is 1210. The molecule has 6 nitrogen and oxygen atoms in total. The molecule has 1 heterocycles. The number of carbonyl (C=O) groups excluding carboxylic acids is 1. The number of ether oxygens (including phenoxy) is 2. The second kappa shape index (κ2) is 10.2. The molecule has 0 saturated heterocycles. The molecule has 0 spiro atoms. The normalized spacial score (nSPS) is 11.8. The number of hydrogen-bond acceptors (Lipinski definition) is 4. The van der Waals surface area contributed by atoms with E-state index in [1.165, 1.54) is 0 Å². The lowest BCUT2D eigenvalue weighted by atomic mass is 10.1. The van der Waals surface area contributed by atoms with E-state index in [4.69, 9.17) is 14.5 Å². The third-order valence-corrected chi connectivity index (χ3v) is 5.59. The molecule has 0 saturated carbocycles. The Balaban J connectivity index is 1.45. The van der Waals surface area contributed by atoms with Crippen molar-refractivity contribution in [3.05, 3.63) is 89.7 Å². The molecule has 1 amide bonds. The maximum Gasteiger partial charge on any atom is 0.251 e. The summed E-state index contributed by atoms with van der Waals surface area (Å²) < 4.78 is 13.2. The standard InChI is InChI=1S/C27H29N3O3/c1-19-9-11-21(12-10-19)27(31)28-20(2)26-29-24-7-4-5-8-25(24)30(26)17-6-18-33-23-15-13-22(32-3)14-16-23/h4-5,7-16,20H,6,17-18H2,1-3H3,(H,28,31). The number of rotatable bonds is 9. The molecule has 0 bridgehead atoms. The number of benzene rings is 3. The van der Waals surface area contributed by atoms with Gasteiger partial charge in [-0.05, 0) is 68.8 Å². The fourth-order valence-electron chi connectivity index (χ4n) is 3.79. The third kappa shape index (κ3) is 5.34. The molecule has 170 valence electrons. The Morgan fingerprint density at radius 3 is 2.42 bits per heavy atom. The highest BCUT2D eigenvalue weighted by Gasteiger charge is 2.19. The lowest BCUT2D eigenvalue weighted by molar-refractivity contribution is 0.0937. The zero-order valence-electron chi connectivity index (χ0n) is 19.2. The van der Waals surface area contributed by atoms with Gasteiger partial charge in [-0.2, -0.15) is 0 Å². The molecule has 0 radical (unpaired) electrons. The van der Waals surface area contributed by atoms with Crippen molar-refractivity contribution >= 4 is 16.9 Å². The van der Waals surface area contributed by atoms with E-state index in [2.05, 4.69) is 16.0 Å². The van der Waals surface area contributed by atoms with Crippen molar-refractivity contribution in [2.45, 2.75) is 32.9 Å². The van der Waals surface area contributed by atoms with Crippen LogP contribution in [0, 0.1) is 6.92 Å². The van der Waals surface area contributed by atoms with E-state index >= 15 is 0 Å². The minimum absolute atomic E-state index is 0.107. The van der Waals surface area contributed by atoms with E-state index in [1.807, 2.05) is 80.6 Å². The summed E-state index contributed by atoms with van der Waals surface area (Å²) in [4.78, 5) is 17.6. The number of amides is 1. The van der Waals surface area contributed by atoms with Gasteiger partial charge in [0.05, 0.1) is 30.8 Å². The van der Waals surface area contributed by atoms with Crippen molar-refractivity contribution < 1.29 is 14.3 Å². The summed E-state index contributed by atoms with van der Waals surface area (Å²) in [6.45, 7) is 5.28. The number of aromatic nitrogens is 2. The van der Waals surface area contributed by atoms with Crippen molar-refractivity contribution in [3.8, 4) is 11.5 Å². The van der Waals surface area contributed by atoms with Gasteiger partial charge in [-0.15, -0.1) is 0 Å². The van der Waals surface area contributed by atoms with Crippen LogP contribution < -0.4 is 14.8 Å². The average Bonchev–Trinajstić information content (AvgIpc) is 3.21. The molecule has 0 aliphatic carbocycles. The fourth-order valence-corrected chi connectivity index (χ4v) is 3.79. The minimum atomic E-state index is -0.242. The lowest BCUT2D eigenvalue weighted by Crippen LogP contribution is -2.28. The second-order valence-electron chi connectivity index (χ2n) is 8.05. The van der Waals surface area contributed by atoms with E-state index in [0.29, 0.717) is 12.2 Å². The molecular weight excluding hydrogens is 414 g/mol. The van der Waals surface area contributed by atoms with E-state index in [0.717, 1.165) is 46.9 Å². The van der Waals surface area contributed by atoms with Gasteiger partial charge in [-0.3, -0.25) is 4.79 Å². The van der Waals surface area contributed by atoms with Gasteiger partial charge in [0.1, 0.15) is 17.3 Å². The fraction of sp³-hybridized carbons (Fsp3) is 0.259. The third-order valence-electron chi connectivity index (χ3n) is 5.59. The summed E-state index contributed by atoms with van der Waals surface area (Å²) in [5, 5.41) is 3.09. The van der Waals surface area contributed by atoms with Gasteiger partial charge >= 0.3 is 0 Å². The molecule has 4 rings (SSSR count). The van der Waals surface area contributed by atoms with Crippen LogP contribution in [0.1, 0.15) is 41.1 Å². The van der Waals surface area contributed by atoms with Crippen molar-refractivity contribution in [3.63, 3.8) is 0 Å². The molecule has 1 aromatic heterocycles. The summed E-state index contributed by atoms with van der Waals surface area (Å²) in [6.07, 6.45) is 0.804. The largest absolute Gasteiger partial charge is 0.497 e. The van der Waals surface area contributed by atoms with Crippen LogP contribution in [0.3, 0.4) is 0 Å². The molecule has 33 heavy (non-hydrogen) atoms. The van der Waals surface area contributed by atoms with Crippen molar-refractivity contribution in [2.75, 3.05) is 13.7 Å². The van der Waals surface area contributed by atoms with Gasteiger partial charge < -0.3 is 19.4 Å². The number of hydrogen-bond donors (Lipinski definition) is 1. The number of imidazole rings is 1. The number of nitrogens with one attached hydrogen (secondary N) is 1. The summed E-state index contributed by atoms with van der Waals surface area (Å²) >= 11 is 0. The molecule has 3 aromatic carbocycles. The van der Waals surface area contributed by atoms with Crippen LogP contribution in [-0.4, -0.2) is 29.2 Å². The summed E-state index contributed by atoms with van der Waals surface area (Å²) in [7, 11) is 1.65. The predicted octanol–water partition coefficient (Wildman–Crippen LogP) is 5.31. The first-order valence-corrected chi connectivity index (χ1v) is 11.1. The van der Waals surface area contributed by atoms with Gasteiger partial charge in [-0.1, -0.05) is 29.8 Å².